The highest BCUT2D eigenvalue weighted by Crippen LogP contribution is 2.24. The van der Waals surface area contributed by atoms with Gasteiger partial charge in [-0.3, -0.25) is 15.3 Å². The van der Waals surface area contributed by atoms with Crippen LogP contribution >= 0.6 is 0 Å². The molecular formula is C19H19N3. The Labute approximate surface area is 131 Å². The third-order valence-electron chi connectivity index (χ3n) is 3.72. The third kappa shape index (κ3) is 3.38. The molecule has 2 aromatic heterocycles. The summed E-state index contributed by atoms with van der Waals surface area (Å²) in [4.78, 5) is 8.73. The highest BCUT2D eigenvalue weighted by molar-refractivity contribution is 5.28. The van der Waals surface area contributed by atoms with Crippen LogP contribution in [0.25, 0.3) is 0 Å². The number of benzene rings is 1. The first kappa shape index (κ1) is 14.4. The normalized spacial score (nSPS) is 13.5. The molecule has 3 rings (SSSR count). The molecule has 0 amide bonds. The first-order chi connectivity index (χ1) is 10.8. The fourth-order valence-corrected chi connectivity index (χ4v) is 2.52. The van der Waals surface area contributed by atoms with Crippen LogP contribution in [0.3, 0.4) is 0 Å². The van der Waals surface area contributed by atoms with Crippen molar-refractivity contribution in [2.45, 2.75) is 19.0 Å². The van der Waals surface area contributed by atoms with Crippen LogP contribution in [-0.4, -0.2) is 9.97 Å². The van der Waals surface area contributed by atoms with E-state index in [1.165, 1.54) is 11.1 Å². The molecule has 0 radical (unpaired) electrons. The van der Waals surface area contributed by atoms with Crippen LogP contribution in [0.4, 0.5) is 0 Å². The second kappa shape index (κ2) is 6.96. The standard InChI is InChI=1S/C19H19N3/c1-15(17-10-7-12-20-14-17)22-19(16-8-3-2-4-9-16)18-11-5-6-13-21-18/h2-15,19,22H,1H3/t15-,19-/m0/s1. The van der Waals surface area contributed by atoms with Crippen molar-refractivity contribution in [2.75, 3.05) is 0 Å². The summed E-state index contributed by atoms with van der Waals surface area (Å²) in [5, 5.41) is 3.66. The van der Waals surface area contributed by atoms with Crippen molar-refractivity contribution < 1.29 is 0 Å². The van der Waals surface area contributed by atoms with E-state index in [1.807, 2.05) is 36.7 Å². The van der Waals surface area contributed by atoms with Gasteiger partial charge in [0.1, 0.15) is 0 Å². The monoisotopic (exact) mass is 289 g/mol. The zero-order valence-electron chi connectivity index (χ0n) is 12.6. The minimum Gasteiger partial charge on any atom is -0.298 e. The van der Waals surface area contributed by atoms with Crippen molar-refractivity contribution >= 4 is 0 Å². The number of rotatable bonds is 5. The summed E-state index contributed by atoms with van der Waals surface area (Å²) in [7, 11) is 0. The Bertz CT molecular complexity index is 644. The van der Waals surface area contributed by atoms with Gasteiger partial charge in [-0.15, -0.1) is 0 Å². The molecule has 2 heterocycles. The van der Waals surface area contributed by atoms with Crippen LogP contribution in [-0.2, 0) is 0 Å². The maximum atomic E-state index is 4.52. The molecule has 1 aromatic carbocycles. The Hall–Kier alpha value is -2.52. The molecule has 3 heteroatoms. The molecule has 0 aliphatic heterocycles. The average Bonchev–Trinajstić information content (AvgIpc) is 2.62. The Morgan fingerprint density at radius 3 is 2.27 bits per heavy atom. The smallest absolute Gasteiger partial charge is 0.0756 e. The molecule has 2 atom stereocenters. The predicted molar refractivity (Wildman–Crippen MR) is 88.3 cm³/mol. The van der Waals surface area contributed by atoms with Gasteiger partial charge in [0.25, 0.3) is 0 Å². The van der Waals surface area contributed by atoms with Gasteiger partial charge in [0.15, 0.2) is 0 Å². The molecule has 3 nitrogen and oxygen atoms in total. The average molecular weight is 289 g/mol. The van der Waals surface area contributed by atoms with Crippen LogP contribution in [0, 0.1) is 0 Å². The number of nitrogens with zero attached hydrogens (tertiary/aromatic N) is 2. The fraction of sp³-hybridized carbons (Fsp3) is 0.158. The van der Waals surface area contributed by atoms with Crippen molar-refractivity contribution in [3.05, 3.63) is 96.1 Å². The van der Waals surface area contributed by atoms with Gasteiger partial charge in [0.2, 0.25) is 0 Å². The fourth-order valence-electron chi connectivity index (χ4n) is 2.52. The molecular weight excluding hydrogens is 270 g/mol. The molecule has 0 spiro atoms. The lowest BCUT2D eigenvalue weighted by atomic mass is 10.0. The minimum absolute atomic E-state index is 0.0533. The number of hydrogen-bond donors (Lipinski definition) is 1. The number of pyridine rings is 2. The molecule has 0 aliphatic carbocycles. The summed E-state index contributed by atoms with van der Waals surface area (Å²) >= 11 is 0. The van der Waals surface area contributed by atoms with Crippen molar-refractivity contribution in [3.63, 3.8) is 0 Å². The van der Waals surface area contributed by atoms with Gasteiger partial charge >= 0.3 is 0 Å². The number of nitrogens with one attached hydrogen (secondary N) is 1. The van der Waals surface area contributed by atoms with Crippen LogP contribution in [0.1, 0.15) is 35.8 Å². The van der Waals surface area contributed by atoms with Gasteiger partial charge in [-0.1, -0.05) is 42.5 Å². The lowest BCUT2D eigenvalue weighted by molar-refractivity contribution is 0.507. The maximum Gasteiger partial charge on any atom is 0.0756 e. The van der Waals surface area contributed by atoms with Crippen molar-refractivity contribution in [1.82, 2.24) is 15.3 Å². The Kier molecular flexibility index (Phi) is 4.56. The first-order valence-corrected chi connectivity index (χ1v) is 7.46. The molecule has 3 aromatic rings. The molecule has 0 bridgehead atoms. The Morgan fingerprint density at radius 1 is 0.818 bits per heavy atom. The van der Waals surface area contributed by atoms with E-state index < -0.39 is 0 Å². The summed E-state index contributed by atoms with van der Waals surface area (Å²) < 4.78 is 0. The summed E-state index contributed by atoms with van der Waals surface area (Å²) in [5.74, 6) is 0. The van der Waals surface area contributed by atoms with E-state index in [0.29, 0.717) is 0 Å². The molecule has 0 saturated heterocycles. The van der Waals surface area contributed by atoms with E-state index in [1.54, 1.807) is 6.20 Å². The molecule has 0 saturated carbocycles. The second-order valence-corrected chi connectivity index (χ2v) is 5.27. The van der Waals surface area contributed by atoms with Crippen molar-refractivity contribution in [2.24, 2.45) is 0 Å². The van der Waals surface area contributed by atoms with Crippen molar-refractivity contribution in [3.8, 4) is 0 Å². The van der Waals surface area contributed by atoms with E-state index in [9.17, 15) is 0 Å². The van der Waals surface area contributed by atoms with Gasteiger partial charge in [0.05, 0.1) is 11.7 Å². The van der Waals surface area contributed by atoms with E-state index in [4.69, 9.17) is 0 Å². The van der Waals surface area contributed by atoms with Gasteiger partial charge in [0, 0.05) is 24.6 Å². The summed E-state index contributed by atoms with van der Waals surface area (Å²) in [5.41, 5.74) is 3.39. The zero-order chi connectivity index (χ0) is 15.2. The van der Waals surface area contributed by atoms with E-state index in [0.717, 1.165) is 5.69 Å². The molecule has 0 fully saturated rings. The summed E-state index contributed by atoms with van der Waals surface area (Å²) in [6, 6.07) is 20.7. The van der Waals surface area contributed by atoms with Crippen LogP contribution in [0.2, 0.25) is 0 Å². The molecule has 22 heavy (non-hydrogen) atoms. The van der Waals surface area contributed by atoms with Crippen molar-refractivity contribution in [1.29, 1.82) is 0 Å². The van der Waals surface area contributed by atoms with Crippen LogP contribution < -0.4 is 5.32 Å². The molecule has 0 aliphatic rings. The predicted octanol–water partition coefficient (Wildman–Crippen LogP) is 3.92. The minimum atomic E-state index is 0.0533. The van der Waals surface area contributed by atoms with E-state index >= 15 is 0 Å². The maximum absolute atomic E-state index is 4.52. The molecule has 110 valence electrons. The second-order valence-electron chi connectivity index (χ2n) is 5.27. The number of aromatic nitrogens is 2. The first-order valence-electron chi connectivity index (χ1n) is 7.46. The number of hydrogen-bond acceptors (Lipinski definition) is 3. The molecule has 1 N–H and O–H groups in total. The van der Waals surface area contributed by atoms with Gasteiger partial charge in [-0.05, 0) is 36.2 Å². The van der Waals surface area contributed by atoms with Crippen LogP contribution in [0.5, 0.6) is 0 Å². The largest absolute Gasteiger partial charge is 0.298 e. The van der Waals surface area contributed by atoms with Crippen LogP contribution in [0.15, 0.2) is 79.3 Å². The summed E-state index contributed by atoms with van der Waals surface area (Å²) in [6.45, 7) is 2.15. The lowest BCUT2D eigenvalue weighted by Gasteiger charge is -2.23. The highest BCUT2D eigenvalue weighted by atomic mass is 15.0. The molecule has 0 unspecified atom stereocenters. The SMILES string of the molecule is C[C@H](N[C@@H](c1ccccc1)c1ccccn1)c1cccnc1. The third-order valence-corrected chi connectivity index (χ3v) is 3.72. The Morgan fingerprint density at radius 2 is 1.59 bits per heavy atom. The summed E-state index contributed by atoms with van der Waals surface area (Å²) in [6.07, 6.45) is 5.53. The quantitative estimate of drug-likeness (QED) is 0.773. The van der Waals surface area contributed by atoms with Gasteiger partial charge in [-0.25, -0.2) is 0 Å². The van der Waals surface area contributed by atoms with Gasteiger partial charge < -0.3 is 0 Å². The zero-order valence-corrected chi connectivity index (χ0v) is 12.6. The van der Waals surface area contributed by atoms with E-state index in [-0.39, 0.29) is 12.1 Å². The van der Waals surface area contributed by atoms with E-state index in [2.05, 4.69) is 58.6 Å². The highest BCUT2D eigenvalue weighted by Gasteiger charge is 2.18. The lowest BCUT2D eigenvalue weighted by Crippen LogP contribution is -2.26. The van der Waals surface area contributed by atoms with Gasteiger partial charge in [-0.2, -0.15) is 0 Å². The topological polar surface area (TPSA) is 37.8 Å². The Balaban J connectivity index is 1.90.